The van der Waals surface area contributed by atoms with Gasteiger partial charge in [0.05, 0.1) is 14.8 Å². The van der Waals surface area contributed by atoms with Crippen molar-refractivity contribution in [3.63, 3.8) is 0 Å². The SMILES string of the molecule is C=C[SiH2]C(CN1CCCC1)(N1CCCC1)N1CCCC1. The molecule has 0 bridgehead atoms. The summed E-state index contributed by atoms with van der Waals surface area (Å²) >= 11 is 0. The van der Waals surface area contributed by atoms with Gasteiger partial charge in [-0.3, -0.25) is 9.80 Å². The van der Waals surface area contributed by atoms with Crippen molar-refractivity contribution in [1.29, 1.82) is 0 Å². The fraction of sp³-hybridized carbons (Fsp3) is 0.875. The van der Waals surface area contributed by atoms with E-state index in [-0.39, 0.29) is 9.52 Å². The summed E-state index contributed by atoms with van der Waals surface area (Å²) in [5.74, 6) is 0. The molecular weight excluding hydrogens is 262 g/mol. The molecule has 3 saturated heterocycles. The van der Waals surface area contributed by atoms with Crippen LogP contribution in [0.3, 0.4) is 0 Å². The third kappa shape index (κ3) is 2.89. The Hall–Kier alpha value is -0.163. The lowest BCUT2D eigenvalue weighted by atomic mass is 10.3. The first-order chi connectivity index (χ1) is 9.85. The van der Waals surface area contributed by atoms with Crippen molar-refractivity contribution in [3.05, 3.63) is 12.3 Å². The van der Waals surface area contributed by atoms with Crippen molar-refractivity contribution in [2.24, 2.45) is 0 Å². The normalized spacial score (nSPS) is 27.2. The summed E-state index contributed by atoms with van der Waals surface area (Å²) < 4.78 is 0. The van der Waals surface area contributed by atoms with Gasteiger partial charge in [-0.25, -0.2) is 0 Å². The second-order valence-corrected chi connectivity index (χ2v) is 8.96. The molecule has 3 nitrogen and oxygen atoms in total. The molecule has 0 unspecified atom stereocenters. The number of likely N-dealkylation sites (tertiary alicyclic amines) is 3. The minimum atomic E-state index is -0.290. The van der Waals surface area contributed by atoms with Crippen LogP contribution < -0.4 is 0 Å². The molecule has 0 aromatic carbocycles. The molecule has 0 aromatic rings. The van der Waals surface area contributed by atoms with Gasteiger partial charge >= 0.3 is 0 Å². The zero-order valence-corrected chi connectivity index (χ0v) is 14.4. The minimum absolute atomic E-state index is 0.290. The first kappa shape index (κ1) is 14.8. The highest BCUT2D eigenvalue weighted by Crippen LogP contribution is 2.30. The summed E-state index contributed by atoms with van der Waals surface area (Å²) in [6, 6.07) is 0. The van der Waals surface area contributed by atoms with E-state index < -0.39 is 0 Å². The molecule has 3 rings (SSSR count). The molecule has 114 valence electrons. The van der Waals surface area contributed by atoms with Gasteiger partial charge in [-0.15, -0.1) is 12.3 Å². The van der Waals surface area contributed by atoms with Crippen LogP contribution in [-0.4, -0.2) is 75.3 Å². The maximum Gasteiger partial charge on any atom is 0.0881 e. The Morgan fingerprint density at radius 2 is 1.25 bits per heavy atom. The Kier molecular flexibility index (Phi) is 4.97. The third-order valence-electron chi connectivity index (χ3n) is 5.54. The van der Waals surface area contributed by atoms with E-state index in [0.29, 0.717) is 5.29 Å². The maximum atomic E-state index is 4.15. The quantitative estimate of drug-likeness (QED) is 0.682. The Balaban J connectivity index is 1.82. The van der Waals surface area contributed by atoms with Gasteiger partial charge in [0.1, 0.15) is 0 Å². The van der Waals surface area contributed by atoms with Gasteiger partial charge in [-0.2, -0.15) is 0 Å². The average Bonchev–Trinajstić information content (AvgIpc) is 3.21. The van der Waals surface area contributed by atoms with Crippen LogP contribution in [0.25, 0.3) is 0 Å². The predicted molar refractivity (Wildman–Crippen MR) is 88.8 cm³/mol. The van der Waals surface area contributed by atoms with Gasteiger partial charge in [0.25, 0.3) is 0 Å². The van der Waals surface area contributed by atoms with Crippen molar-refractivity contribution in [2.75, 3.05) is 45.8 Å². The van der Waals surface area contributed by atoms with Crippen molar-refractivity contribution < 1.29 is 0 Å². The maximum absolute atomic E-state index is 4.15. The molecule has 3 aliphatic rings. The molecule has 0 radical (unpaired) electrons. The van der Waals surface area contributed by atoms with E-state index in [1.165, 1.54) is 84.3 Å². The molecule has 0 N–H and O–H groups in total. The summed E-state index contributed by atoms with van der Waals surface area (Å²) in [5, 5.41) is 0.388. The van der Waals surface area contributed by atoms with Crippen LogP contribution >= 0.6 is 0 Å². The number of hydrogen-bond acceptors (Lipinski definition) is 3. The molecule has 0 aromatic heterocycles. The molecule has 4 heteroatoms. The first-order valence-corrected chi connectivity index (χ1v) is 10.2. The lowest BCUT2D eigenvalue weighted by molar-refractivity contribution is 0.0108. The average molecular weight is 294 g/mol. The molecule has 0 saturated carbocycles. The van der Waals surface area contributed by atoms with Crippen LogP contribution in [0.2, 0.25) is 0 Å². The molecule has 0 amide bonds. The van der Waals surface area contributed by atoms with Crippen LogP contribution in [0.5, 0.6) is 0 Å². The first-order valence-electron chi connectivity index (χ1n) is 8.68. The Labute approximate surface area is 126 Å². The van der Waals surface area contributed by atoms with E-state index in [9.17, 15) is 0 Å². The Bertz CT molecular complexity index is 300. The van der Waals surface area contributed by atoms with Gasteiger partial charge < -0.3 is 4.90 Å². The van der Waals surface area contributed by atoms with Gasteiger partial charge in [-0.1, -0.05) is 0 Å². The van der Waals surface area contributed by atoms with E-state index in [2.05, 4.69) is 27.0 Å². The summed E-state index contributed by atoms with van der Waals surface area (Å²) in [4.78, 5) is 8.45. The number of rotatable bonds is 6. The van der Waals surface area contributed by atoms with Gasteiger partial charge in [0, 0.05) is 6.54 Å². The zero-order chi connectivity index (χ0) is 13.8. The number of hydrogen-bond donors (Lipinski definition) is 0. The van der Waals surface area contributed by atoms with Crippen molar-refractivity contribution in [1.82, 2.24) is 14.7 Å². The second kappa shape index (κ2) is 6.73. The molecule has 0 atom stereocenters. The molecular formula is C16H31N3Si. The highest BCUT2D eigenvalue weighted by molar-refractivity contribution is 6.46. The molecule has 3 aliphatic heterocycles. The standard InChI is InChI=1S/C16H31N3Si/c1-2-20-16(18-11-5-6-12-18,19-13-7-8-14-19)15-17-9-3-4-10-17/h2H,1,3-15,20H2. The molecule has 0 aliphatic carbocycles. The van der Waals surface area contributed by atoms with Gasteiger partial charge in [0.2, 0.25) is 0 Å². The van der Waals surface area contributed by atoms with E-state index in [1.807, 2.05) is 0 Å². The van der Waals surface area contributed by atoms with E-state index >= 15 is 0 Å². The van der Waals surface area contributed by atoms with E-state index in [1.54, 1.807) is 0 Å². The molecule has 3 heterocycles. The fourth-order valence-electron chi connectivity index (χ4n) is 4.52. The summed E-state index contributed by atoms with van der Waals surface area (Å²) in [7, 11) is -0.290. The van der Waals surface area contributed by atoms with Crippen LogP contribution in [0.4, 0.5) is 0 Å². The predicted octanol–water partition coefficient (Wildman–Crippen LogP) is 1.24. The van der Waals surface area contributed by atoms with Crippen LogP contribution in [0, 0.1) is 0 Å². The van der Waals surface area contributed by atoms with Crippen LogP contribution in [0.15, 0.2) is 12.3 Å². The van der Waals surface area contributed by atoms with Crippen LogP contribution in [-0.2, 0) is 0 Å². The van der Waals surface area contributed by atoms with Crippen molar-refractivity contribution in [2.45, 2.75) is 43.8 Å². The Morgan fingerprint density at radius 3 is 1.70 bits per heavy atom. The van der Waals surface area contributed by atoms with Crippen molar-refractivity contribution >= 4 is 9.52 Å². The van der Waals surface area contributed by atoms with Gasteiger partial charge in [0.15, 0.2) is 0 Å². The van der Waals surface area contributed by atoms with E-state index in [0.717, 1.165) is 0 Å². The largest absolute Gasteiger partial charge is 0.300 e. The minimum Gasteiger partial charge on any atom is -0.300 e. The highest BCUT2D eigenvalue weighted by Gasteiger charge is 2.44. The molecule has 0 spiro atoms. The monoisotopic (exact) mass is 293 g/mol. The van der Waals surface area contributed by atoms with E-state index in [4.69, 9.17) is 0 Å². The lowest BCUT2D eigenvalue weighted by Gasteiger charge is -2.50. The smallest absolute Gasteiger partial charge is 0.0881 e. The molecule has 20 heavy (non-hydrogen) atoms. The Morgan fingerprint density at radius 1 is 0.800 bits per heavy atom. The second-order valence-electron chi connectivity index (χ2n) is 6.85. The molecule has 3 fully saturated rings. The summed E-state index contributed by atoms with van der Waals surface area (Å²) in [6.07, 6.45) is 8.43. The zero-order valence-electron chi connectivity index (χ0n) is 13.0. The highest BCUT2D eigenvalue weighted by atomic mass is 28.2. The third-order valence-corrected chi connectivity index (χ3v) is 7.60. The fourth-order valence-corrected chi connectivity index (χ4v) is 6.58. The summed E-state index contributed by atoms with van der Waals surface area (Å²) in [5.41, 5.74) is 2.31. The number of nitrogens with zero attached hydrogens (tertiary/aromatic N) is 3. The van der Waals surface area contributed by atoms with Crippen molar-refractivity contribution in [3.8, 4) is 0 Å². The lowest BCUT2D eigenvalue weighted by Crippen LogP contribution is -2.67. The van der Waals surface area contributed by atoms with Gasteiger partial charge in [-0.05, 0) is 77.8 Å². The summed E-state index contributed by atoms with van der Waals surface area (Å²) in [6.45, 7) is 13.4. The van der Waals surface area contributed by atoms with Crippen LogP contribution in [0.1, 0.15) is 38.5 Å². The topological polar surface area (TPSA) is 9.72 Å².